The monoisotopic (exact) mass is 193 g/mol. The number of nitrogens with one attached hydrogen (secondary N) is 1. The number of rotatable bonds is 1. The van der Waals surface area contributed by atoms with E-state index in [2.05, 4.69) is 10.3 Å². The number of anilines is 1. The predicted octanol–water partition coefficient (Wildman–Crippen LogP) is 1.12. The molecule has 0 fully saturated rings. The lowest BCUT2D eigenvalue weighted by Gasteiger charge is -2.08. The largest absolute Gasteiger partial charge is 0.465 e. The van der Waals surface area contributed by atoms with Gasteiger partial charge in [0.25, 0.3) is 0 Å². The molecule has 5 nitrogen and oxygen atoms in total. The molecule has 0 bridgehead atoms. The van der Waals surface area contributed by atoms with Gasteiger partial charge in [0.05, 0.1) is 18.8 Å². The highest BCUT2D eigenvalue weighted by atomic mass is 16.4. The first kappa shape index (κ1) is 8.80. The molecule has 0 radical (unpaired) electrons. The van der Waals surface area contributed by atoms with E-state index in [0.29, 0.717) is 13.1 Å². The molecule has 1 amide bonds. The molecular formula is C9H11N3O2. The molecule has 0 saturated heterocycles. The van der Waals surface area contributed by atoms with Crippen molar-refractivity contribution < 1.29 is 9.90 Å². The van der Waals surface area contributed by atoms with E-state index < -0.39 is 6.09 Å². The number of carbonyl (C=O) groups is 1. The van der Waals surface area contributed by atoms with Crippen molar-refractivity contribution in [3.63, 3.8) is 0 Å². The van der Waals surface area contributed by atoms with Crippen LogP contribution in [0.1, 0.15) is 11.3 Å². The first-order valence-corrected chi connectivity index (χ1v) is 4.35. The van der Waals surface area contributed by atoms with E-state index in [1.165, 1.54) is 4.90 Å². The van der Waals surface area contributed by atoms with Crippen molar-refractivity contribution in [1.82, 2.24) is 9.88 Å². The van der Waals surface area contributed by atoms with Gasteiger partial charge in [-0.05, 0) is 11.6 Å². The van der Waals surface area contributed by atoms with Crippen LogP contribution < -0.4 is 5.32 Å². The van der Waals surface area contributed by atoms with Gasteiger partial charge in [-0.2, -0.15) is 0 Å². The smallest absolute Gasteiger partial charge is 0.407 e. The fraction of sp³-hybridized carbons (Fsp3) is 0.333. The number of hydrogen-bond acceptors (Lipinski definition) is 3. The van der Waals surface area contributed by atoms with Crippen molar-refractivity contribution in [3.8, 4) is 0 Å². The minimum Gasteiger partial charge on any atom is -0.465 e. The molecule has 0 aromatic carbocycles. The Morgan fingerprint density at radius 3 is 3.00 bits per heavy atom. The summed E-state index contributed by atoms with van der Waals surface area (Å²) in [6.07, 6.45) is -0.894. The van der Waals surface area contributed by atoms with Crippen molar-refractivity contribution >= 4 is 11.9 Å². The molecule has 0 spiro atoms. The van der Waals surface area contributed by atoms with E-state index in [-0.39, 0.29) is 0 Å². The molecule has 1 aliphatic rings. The summed E-state index contributed by atoms with van der Waals surface area (Å²) in [4.78, 5) is 16.3. The van der Waals surface area contributed by atoms with Gasteiger partial charge in [0.15, 0.2) is 0 Å². The van der Waals surface area contributed by atoms with Crippen LogP contribution in [0.5, 0.6) is 0 Å². The molecule has 0 unspecified atom stereocenters. The van der Waals surface area contributed by atoms with Crippen molar-refractivity contribution in [1.29, 1.82) is 0 Å². The second-order valence-corrected chi connectivity index (χ2v) is 3.19. The van der Waals surface area contributed by atoms with Crippen LogP contribution in [0.3, 0.4) is 0 Å². The zero-order valence-electron chi connectivity index (χ0n) is 7.82. The van der Waals surface area contributed by atoms with E-state index in [1.54, 1.807) is 7.05 Å². The molecule has 5 heteroatoms. The minimum absolute atomic E-state index is 0.389. The number of amides is 1. The van der Waals surface area contributed by atoms with Crippen LogP contribution in [0.25, 0.3) is 0 Å². The van der Waals surface area contributed by atoms with Crippen molar-refractivity contribution in [2.24, 2.45) is 0 Å². The fourth-order valence-corrected chi connectivity index (χ4v) is 1.53. The average molecular weight is 193 g/mol. The molecule has 0 atom stereocenters. The molecule has 0 saturated carbocycles. The summed E-state index contributed by atoms with van der Waals surface area (Å²) < 4.78 is 0. The molecule has 14 heavy (non-hydrogen) atoms. The quantitative estimate of drug-likeness (QED) is 0.701. The second-order valence-electron chi connectivity index (χ2n) is 3.19. The van der Waals surface area contributed by atoms with Gasteiger partial charge in [0.1, 0.15) is 5.82 Å². The van der Waals surface area contributed by atoms with E-state index in [9.17, 15) is 4.79 Å². The summed E-state index contributed by atoms with van der Waals surface area (Å²) in [5.74, 6) is 0.774. The zero-order valence-corrected chi connectivity index (χ0v) is 7.82. The predicted molar refractivity (Wildman–Crippen MR) is 51.1 cm³/mol. The van der Waals surface area contributed by atoms with Crippen LogP contribution in [0, 0.1) is 0 Å². The maximum Gasteiger partial charge on any atom is 0.407 e. The first-order chi connectivity index (χ1) is 6.70. The number of aromatic nitrogens is 1. The van der Waals surface area contributed by atoms with Crippen molar-refractivity contribution in [3.05, 3.63) is 23.4 Å². The lowest BCUT2D eigenvalue weighted by Crippen LogP contribution is -2.22. The third kappa shape index (κ3) is 1.37. The van der Waals surface area contributed by atoms with Crippen LogP contribution in [-0.2, 0) is 13.1 Å². The summed E-state index contributed by atoms with van der Waals surface area (Å²) in [5.41, 5.74) is 1.84. The Hall–Kier alpha value is -1.78. The highest BCUT2D eigenvalue weighted by Gasteiger charge is 2.23. The van der Waals surface area contributed by atoms with Crippen molar-refractivity contribution in [2.75, 3.05) is 12.4 Å². The lowest BCUT2D eigenvalue weighted by atomic mass is 10.2. The molecular weight excluding hydrogens is 182 g/mol. The molecule has 74 valence electrons. The molecule has 2 heterocycles. The highest BCUT2D eigenvalue weighted by Crippen LogP contribution is 2.22. The van der Waals surface area contributed by atoms with Gasteiger partial charge in [-0.25, -0.2) is 9.78 Å². The van der Waals surface area contributed by atoms with E-state index in [4.69, 9.17) is 5.11 Å². The third-order valence-corrected chi connectivity index (χ3v) is 2.30. The van der Waals surface area contributed by atoms with Gasteiger partial charge >= 0.3 is 6.09 Å². The summed E-state index contributed by atoms with van der Waals surface area (Å²) in [6, 6.07) is 3.77. The van der Waals surface area contributed by atoms with Gasteiger partial charge in [0, 0.05) is 7.05 Å². The van der Waals surface area contributed by atoms with E-state index in [1.807, 2.05) is 12.1 Å². The third-order valence-electron chi connectivity index (χ3n) is 2.30. The SMILES string of the molecule is CNc1ccc2c(n1)CN(C(=O)O)C2. The average Bonchev–Trinajstić information content (AvgIpc) is 2.59. The summed E-state index contributed by atoms with van der Waals surface area (Å²) in [7, 11) is 1.79. The Morgan fingerprint density at radius 2 is 2.36 bits per heavy atom. The number of pyridine rings is 1. The lowest BCUT2D eigenvalue weighted by molar-refractivity contribution is 0.145. The minimum atomic E-state index is -0.894. The number of nitrogens with zero attached hydrogens (tertiary/aromatic N) is 2. The van der Waals surface area contributed by atoms with Crippen LogP contribution in [0.4, 0.5) is 10.6 Å². The summed E-state index contributed by atoms with van der Waals surface area (Å²) in [5, 5.41) is 11.7. The Balaban J connectivity index is 2.27. The number of fused-ring (bicyclic) bond motifs is 1. The van der Waals surface area contributed by atoms with Crippen molar-refractivity contribution in [2.45, 2.75) is 13.1 Å². The van der Waals surface area contributed by atoms with E-state index >= 15 is 0 Å². The Bertz CT molecular complexity index is 378. The van der Waals surface area contributed by atoms with Gasteiger partial charge < -0.3 is 10.4 Å². The van der Waals surface area contributed by atoms with E-state index in [0.717, 1.165) is 17.1 Å². The standard InChI is InChI=1S/C9H11N3O2/c1-10-8-3-2-6-4-12(9(13)14)5-7(6)11-8/h2-3H,4-5H2,1H3,(H,10,11)(H,13,14). The Labute approximate surface area is 81.4 Å². The van der Waals surface area contributed by atoms with Gasteiger partial charge in [-0.15, -0.1) is 0 Å². The van der Waals surface area contributed by atoms with Gasteiger partial charge in [0.2, 0.25) is 0 Å². The summed E-state index contributed by atoms with van der Waals surface area (Å²) >= 11 is 0. The fourth-order valence-electron chi connectivity index (χ4n) is 1.53. The Morgan fingerprint density at radius 1 is 1.57 bits per heavy atom. The maximum absolute atomic E-state index is 10.7. The van der Waals surface area contributed by atoms with Crippen LogP contribution in [0.15, 0.2) is 12.1 Å². The molecule has 0 aliphatic carbocycles. The highest BCUT2D eigenvalue weighted by molar-refractivity contribution is 5.66. The topological polar surface area (TPSA) is 65.5 Å². The molecule has 1 aromatic heterocycles. The van der Waals surface area contributed by atoms with Gasteiger partial charge in [-0.1, -0.05) is 6.07 Å². The summed E-state index contributed by atoms with van der Waals surface area (Å²) in [6.45, 7) is 0.835. The normalized spacial score (nSPS) is 13.9. The molecule has 2 rings (SSSR count). The zero-order chi connectivity index (χ0) is 10.1. The number of carboxylic acid groups (broad SMARTS) is 1. The first-order valence-electron chi connectivity index (χ1n) is 4.35. The van der Waals surface area contributed by atoms with Crippen LogP contribution in [0.2, 0.25) is 0 Å². The second kappa shape index (κ2) is 3.17. The Kier molecular flexibility index (Phi) is 1.99. The maximum atomic E-state index is 10.7. The molecule has 1 aromatic rings. The van der Waals surface area contributed by atoms with Crippen LogP contribution >= 0.6 is 0 Å². The molecule has 2 N–H and O–H groups in total. The van der Waals surface area contributed by atoms with Gasteiger partial charge in [-0.3, -0.25) is 4.90 Å². The number of hydrogen-bond donors (Lipinski definition) is 2. The molecule has 1 aliphatic heterocycles. The van der Waals surface area contributed by atoms with Crippen LogP contribution in [-0.4, -0.2) is 28.1 Å².